The topological polar surface area (TPSA) is 14.1 Å². The van der Waals surface area contributed by atoms with Gasteiger partial charge in [-0.2, -0.15) is 0 Å². The van der Waals surface area contributed by atoms with Crippen molar-refractivity contribution in [1.29, 1.82) is 0 Å². The summed E-state index contributed by atoms with van der Waals surface area (Å²) in [7, 11) is 0. The predicted octanol–water partition coefficient (Wildman–Crippen LogP) is 2.19. The molecule has 1 radical (unpaired) electrons. The minimum atomic E-state index is 0.752. The van der Waals surface area contributed by atoms with Crippen molar-refractivity contribution < 1.29 is 0 Å². The Kier molecular flexibility index (Phi) is 1.92. The highest BCUT2D eigenvalue weighted by Crippen LogP contribution is 2.33. The van der Waals surface area contributed by atoms with Gasteiger partial charge in [0.25, 0.3) is 0 Å². The highest BCUT2D eigenvalue weighted by molar-refractivity contribution is 4.89. The molecule has 0 saturated heterocycles. The first-order valence-corrected chi connectivity index (χ1v) is 4.94. The standard InChI is InChI=1S/C10H18N/c1-7-3-9(4-7)11-10-5-8(2)6-10/h7-10H,3-6H2,1-2H3. The van der Waals surface area contributed by atoms with Crippen LogP contribution in [0.15, 0.2) is 0 Å². The molecule has 63 valence electrons. The summed E-state index contributed by atoms with van der Waals surface area (Å²) in [6.07, 6.45) is 5.46. The average Bonchev–Trinajstić information content (AvgIpc) is 1.81. The Morgan fingerprint density at radius 2 is 1.18 bits per heavy atom. The van der Waals surface area contributed by atoms with Crippen LogP contribution in [0.5, 0.6) is 0 Å². The molecule has 0 spiro atoms. The van der Waals surface area contributed by atoms with Gasteiger partial charge in [-0.3, -0.25) is 0 Å². The SMILES string of the molecule is CC1CC([N]C2CC(C)C2)C1. The van der Waals surface area contributed by atoms with E-state index in [1.807, 2.05) is 0 Å². The second-order valence-electron chi connectivity index (χ2n) is 4.61. The fraction of sp³-hybridized carbons (Fsp3) is 1.00. The lowest BCUT2D eigenvalue weighted by molar-refractivity contribution is 0.153. The molecule has 0 amide bonds. The van der Waals surface area contributed by atoms with E-state index >= 15 is 0 Å². The van der Waals surface area contributed by atoms with Gasteiger partial charge in [-0.05, 0) is 37.5 Å². The van der Waals surface area contributed by atoms with Crippen molar-refractivity contribution in [2.45, 2.75) is 51.6 Å². The van der Waals surface area contributed by atoms with Gasteiger partial charge < -0.3 is 0 Å². The molecule has 2 rings (SSSR count). The summed E-state index contributed by atoms with van der Waals surface area (Å²) in [5.41, 5.74) is 0. The zero-order valence-corrected chi connectivity index (χ0v) is 7.59. The van der Waals surface area contributed by atoms with E-state index in [0.717, 1.165) is 23.9 Å². The smallest absolute Gasteiger partial charge is 0.0254 e. The third kappa shape index (κ3) is 1.58. The fourth-order valence-electron chi connectivity index (χ4n) is 2.26. The number of nitrogens with zero attached hydrogens (tertiary/aromatic N) is 1. The van der Waals surface area contributed by atoms with Gasteiger partial charge >= 0.3 is 0 Å². The molecule has 1 nitrogen and oxygen atoms in total. The van der Waals surface area contributed by atoms with Crippen LogP contribution in [0.4, 0.5) is 0 Å². The van der Waals surface area contributed by atoms with Crippen LogP contribution in [-0.4, -0.2) is 12.1 Å². The first-order valence-electron chi connectivity index (χ1n) is 4.94. The van der Waals surface area contributed by atoms with Gasteiger partial charge in [0.2, 0.25) is 0 Å². The Labute approximate surface area is 69.6 Å². The third-order valence-corrected chi connectivity index (χ3v) is 3.12. The van der Waals surface area contributed by atoms with Gasteiger partial charge in [0, 0.05) is 12.1 Å². The van der Waals surface area contributed by atoms with Gasteiger partial charge in [0.05, 0.1) is 0 Å². The summed E-state index contributed by atoms with van der Waals surface area (Å²) in [5, 5.41) is 4.79. The Morgan fingerprint density at radius 1 is 0.818 bits per heavy atom. The summed E-state index contributed by atoms with van der Waals surface area (Å²) in [5.74, 6) is 1.92. The van der Waals surface area contributed by atoms with Crippen molar-refractivity contribution in [1.82, 2.24) is 5.32 Å². The highest BCUT2D eigenvalue weighted by Gasteiger charge is 2.33. The molecule has 0 aromatic rings. The molecule has 0 atom stereocenters. The number of hydrogen-bond donors (Lipinski definition) is 0. The first-order chi connectivity index (χ1) is 5.24. The van der Waals surface area contributed by atoms with Gasteiger partial charge in [-0.15, -0.1) is 0 Å². The molecule has 2 saturated carbocycles. The van der Waals surface area contributed by atoms with Crippen molar-refractivity contribution in [3.8, 4) is 0 Å². The van der Waals surface area contributed by atoms with Crippen molar-refractivity contribution >= 4 is 0 Å². The summed E-state index contributed by atoms with van der Waals surface area (Å²) in [6, 6.07) is 1.50. The number of hydrogen-bond acceptors (Lipinski definition) is 0. The molecule has 0 aliphatic heterocycles. The second kappa shape index (κ2) is 2.78. The predicted molar refractivity (Wildman–Crippen MR) is 46.5 cm³/mol. The molecule has 1 heteroatoms. The maximum atomic E-state index is 4.79. The summed E-state index contributed by atoms with van der Waals surface area (Å²) in [6.45, 7) is 4.66. The lowest BCUT2D eigenvalue weighted by Crippen LogP contribution is -2.45. The van der Waals surface area contributed by atoms with E-state index in [1.165, 1.54) is 25.7 Å². The van der Waals surface area contributed by atoms with E-state index in [-0.39, 0.29) is 0 Å². The molecule has 0 aromatic heterocycles. The van der Waals surface area contributed by atoms with Gasteiger partial charge in [0.1, 0.15) is 0 Å². The molecule has 0 aromatic carbocycles. The minimum absolute atomic E-state index is 0.752. The molecular weight excluding hydrogens is 134 g/mol. The van der Waals surface area contributed by atoms with Gasteiger partial charge in [-0.25, -0.2) is 5.32 Å². The quantitative estimate of drug-likeness (QED) is 0.576. The molecule has 0 bridgehead atoms. The van der Waals surface area contributed by atoms with Crippen molar-refractivity contribution in [2.24, 2.45) is 11.8 Å². The summed E-state index contributed by atoms with van der Waals surface area (Å²) >= 11 is 0. The maximum absolute atomic E-state index is 4.79. The van der Waals surface area contributed by atoms with Crippen LogP contribution in [-0.2, 0) is 0 Å². The molecular formula is C10H18N. The zero-order valence-electron chi connectivity index (χ0n) is 7.59. The Balaban J connectivity index is 1.61. The molecule has 0 heterocycles. The van der Waals surface area contributed by atoms with Crippen LogP contribution in [0.3, 0.4) is 0 Å². The van der Waals surface area contributed by atoms with Gasteiger partial charge in [-0.1, -0.05) is 13.8 Å². The van der Waals surface area contributed by atoms with Crippen LogP contribution in [0.25, 0.3) is 0 Å². The first kappa shape index (κ1) is 7.60. The fourth-order valence-corrected chi connectivity index (χ4v) is 2.26. The molecule has 2 aliphatic carbocycles. The van der Waals surface area contributed by atoms with Crippen LogP contribution in [0, 0.1) is 11.8 Å². The van der Waals surface area contributed by atoms with E-state index in [0.29, 0.717) is 0 Å². The average molecular weight is 152 g/mol. The van der Waals surface area contributed by atoms with Crippen molar-refractivity contribution in [2.75, 3.05) is 0 Å². The second-order valence-corrected chi connectivity index (χ2v) is 4.61. The molecule has 2 fully saturated rings. The van der Waals surface area contributed by atoms with Crippen molar-refractivity contribution in [3.63, 3.8) is 0 Å². The van der Waals surface area contributed by atoms with Crippen LogP contribution < -0.4 is 5.32 Å². The van der Waals surface area contributed by atoms with Crippen LogP contribution >= 0.6 is 0 Å². The zero-order chi connectivity index (χ0) is 7.84. The minimum Gasteiger partial charge on any atom is -0.235 e. The summed E-state index contributed by atoms with van der Waals surface area (Å²) < 4.78 is 0. The Hall–Kier alpha value is -0.0400. The normalized spacial score (nSPS) is 49.6. The lowest BCUT2D eigenvalue weighted by Gasteiger charge is -2.40. The highest BCUT2D eigenvalue weighted by atomic mass is 15.0. The van der Waals surface area contributed by atoms with E-state index in [9.17, 15) is 0 Å². The molecule has 2 aliphatic rings. The van der Waals surface area contributed by atoms with E-state index in [4.69, 9.17) is 5.32 Å². The number of rotatable bonds is 2. The molecule has 11 heavy (non-hydrogen) atoms. The van der Waals surface area contributed by atoms with Crippen molar-refractivity contribution in [3.05, 3.63) is 0 Å². The maximum Gasteiger partial charge on any atom is 0.0254 e. The van der Waals surface area contributed by atoms with Crippen LogP contribution in [0.2, 0.25) is 0 Å². The van der Waals surface area contributed by atoms with E-state index < -0.39 is 0 Å². The van der Waals surface area contributed by atoms with Gasteiger partial charge in [0.15, 0.2) is 0 Å². The Bertz CT molecular complexity index is 116. The molecule has 0 unspecified atom stereocenters. The van der Waals surface area contributed by atoms with Crippen LogP contribution in [0.1, 0.15) is 39.5 Å². The monoisotopic (exact) mass is 152 g/mol. The van der Waals surface area contributed by atoms with E-state index in [1.54, 1.807) is 0 Å². The lowest BCUT2D eigenvalue weighted by atomic mass is 9.77. The molecule has 0 N–H and O–H groups in total. The third-order valence-electron chi connectivity index (χ3n) is 3.12. The Morgan fingerprint density at radius 3 is 1.45 bits per heavy atom. The summed E-state index contributed by atoms with van der Waals surface area (Å²) in [4.78, 5) is 0. The largest absolute Gasteiger partial charge is 0.235 e. The van der Waals surface area contributed by atoms with E-state index in [2.05, 4.69) is 13.8 Å².